The Hall–Kier alpha value is -4.66. The van der Waals surface area contributed by atoms with E-state index < -0.39 is 11.8 Å². The lowest BCUT2D eigenvalue weighted by Crippen LogP contribution is -2.32. The van der Waals surface area contributed by atoms with E-state index in [0.717, 1.165) is 16.8 Å². The number of nitrogens with one attached hydrogen (secondary N) is 3. The number of hydrogen-bond acceptors (Lipinski definition) is 6. The standard InChI is InChI=1S/C26H26N4O5/c1-17-7-12-23(18(2)13-17)29-24(31)16-35-22-6-4-5-19(14-22)15-27-30-26(33)25(32)28-20-8-10-21(34-3)11-9-20/h4-15H,16H2,1-3H3,(H,28,32)(H,29,31)(H,30,33)/b27-15-. The predicted molar refractivity (Wildman–Crippen MR) is 134 cm³/mol. The molecule has 0 saturated carbocycles. The molecule has 0 unspecified atom stereocenters. The van der Waals surface area contributed by atoms with Crippen molar-refractivity contribution < 1.29 is 23.9 Å². The molecule has 0 aliphatic carbocycles. The van der Waals surface area contributed by atoms with Gasteiger partial charge in [0.05, 0.1) is 13.3 Å². The van der Waals surface area contributed by atoms with E-state index in [0.29, 0.717) is 22.7 Å². The Labute approximate surface area is 203 Å². The van der Waals surface area contributed by atoms with Crippen LogP contribution < -0.4 is 25.5 Å². The van der Waals surface area contributed by atoms with Crippen molar-refractivity contribution in [2.24, 2.45) is 5.10 Å². The van der Waals surface area contributed by atoms with Gasteiger partial charge in [-0.05, 0) is 67.4 Å². The Kier molecular flexibility index (Phi) is 8.55. The molecule has 9 heteroatoms. The Morgan fingerprint density at radius 3 is 2.37 bits per heavy atom. The summed E-state index contributed by atoms with van der Waals surface area (Å²) in [5.74, 6) is -0.989. The minimum absolute atomic E-state index is 0.170. The number of methoxy groups -OCH3 is 1. The van der Waals surface area contributed by atoms with Gasteiger partial charge in [0, 0.05) is 11.4 Å². The molecule has 0 atom stereocenters. The molecule has 0 aliphatic heterocycles. The summed E-state index contributed by atoms with van der Waals surface area (Å²) in [4.78, 5) is 36.2. The van der Waals surface area contributed by atoms with Crippen molar-refractivity contribution in [2.75, 3.05) is 24.4 Å². The average Bonchev–Trinajstić information content (AvgIpc) is 2.85. The summed E-state index contributed by atoms with van der Waals surface area (Å²) in [5, 5.41) is 9.08. The van der Waals surface area contributed by atoms with Crippen molar-refractivity contribution in [3.05, 3.63) is 83.4 Å². The lowest BCUT2D eigenvalue weighted by atomic mass is 10.1. The molecular weight excluding hydrogens is 448 g/mol. The molecule has 3 aromatic rings. The van der Waals surface area contributed by atoms with Crippen molar-refractivity contribution in [3.63, 3.8) is 0 Å². The maximum atomic E-state index is 12.2. The van der Waals surface area contributed by atoms with Crippen molar-refractivity contribution in [1.82, 2.24) is 5.43 Å². The Morgan fingerprint density at radius 1 is 0.886 bits per heavy atom. The van der Waals surface area contributed by atoms with Crippen molar-refractivity contribution in [3.8, 4) is 11.5 Å². The number of amides is 3. The van der Waals surface area contributed by atoms with E-state index in [-0.39, 0.29) is 12.5 Å². The summed E-state index contributed by atoms with van der Waals surface area (Å²) >= 11 is 0. The second kappa shape index (κ2) is 12.0. The number of ether oxygens (including phenoxy) is 2. The lowest BCUT2D eigenvalue weighted by molar-refractivity contribution is -0.136. The van der Waals surface area contributed by atoms with Crippen LogP contribution in [-0.2, 0) is 14.4 Å². The highest BCUT2D eigenvalue weighted by molar-refractivity contribution is 6.39. The van der Waals surface area contributed by atoms with E-state index in [2.05, 4.69) is 21.2 Å². The second-order valence-electron chi connectivity index (χ2n) is 7.61. The molecule has 35 heavy (non-hydrogen) atoms. The van der Waals surface area contributed by atoms with Crippen LogP contribution in [0.15, 0.2) is 71.8 Å². The fraction of sp³-hybridized carbons (Fsp3) is 0.154. The molecule has 0 fully saturated rings. The number of nitrogens with zero attached hydrogens (tertiary/aromatic N) is 1. The third-order valence-electron chi connectivity index (χ3n) is 4.82. The maximum Gasteiger partial charge on any atom is 0.329 e. The van der Waals surface area contributed by atoms with Gasteiger partial charge in [-0.15, -0.1) is 0 Å². The van der Waals surface area contributed by atoms with Crippen LogP contribution in [0.2, 0.25) is 0 Å². The zero-order valence-corrected chi connectivity index (χ0v) is 19.6. The molecule has 180 valence electrons. The van der Waals surface area contributed by atoms with Crippen LogP contribution >= 0.6 is 0 Å². The van der Waals surface area contributed by atoms with Crippen LogP contribution in [0.1, 0.15) is 16.7 Å². The molecule has 0 saturated heterocycles. The summed E-state index contributed by atoms with van der Waals surface area (Å²) in [6.45, 7) is 3.74. The van der Waals surface area contributed by atoms with Crippen molar-refractivity contribution in [2.45, 2.75) is 13.8 Å². The maximum absolute atomic E-state index is 12.2. The third-order valence-corrected chi connectivity index (χ3v) is 4.82. The fourth-order valence-electron chi connectivity index (χ4n) is 3.05. The first-order valence-electron chi connectivity index (χ1n) is 10.7. The monoisotopic (exact) mass is 474 g/mol. The minimum atomic E-state index is -0.924. The average molecular weight is 475 g/mol. The molecule has 0 aliphatic rings. The van der Waals surface area contributed by atoms with E-state index in [1.807, 2.05) is 32.0 Å². The van der Waals surface area contributed by atoms with E-state index >= 15 is 0 Å². The van der Waals surface area contributed by atoms with Gasteiger partial charge in [-0.2, -0.15) is 5.10 Å². The number of anilines is 2. The molecule has 0 aromatic heterocycles. The largest absolute Gasteiger partial charge is 0.497 e. The number of carbonyl (C=O) groups excluding carboxylic acids is 3. The molecule has 0 heterocycles. The first-order chi connectivity index (χ1) is 16.8. The molecule has 9 nitrogen and oxygen atoms in total. The summed E-state index contributed by atoms with van der Waals surface area (Å²) in [5.41, 5.74) is 6.04. The van der Waals surface area contributed by atoms with Crippen LogP contribution in [0.4, 0.5) is 11.4 Å². The van der Waals surface area contributed by atoms with Crippen LogP contribution in [-0.4, -0.2) is 37.7 Å². The van der Waals surface area contributed by atoms with Gasteiger partial charge >= 0.3 is 11.8 Å². The highest BCUT2D eigenvalue weighted by Crippen LogP contribution is 2.17. The third kappa shape index (κ3) is 7.71. The minimum Gasteiger partial charge on any atom is -0.497 e. The van der Waals surface area contributed by atoms with Gasteiger partial charge in [0.15, 0.2) is 6.61 Å². The van der Waals surface area contributed by atoms with Gasteiger partial charge in [-0.1, -0.05) is 29.8 Å². The number of carbonyl (C=O) groups is 3. The van der Waals surface area contributed by atoms with Gasteiger partial charge in [-0.25, -0.2) is 5.43 Å². The number of benzene rings is 3. The van der Waals surface area contributed by atoms with Gasteiger partial charge in [-0.3, -0.25) is 14.4 Å². The van der Waals surface area contributed by atoms with E-state index in [9.17, 15) is 14.4 Å². The fourth-order valence-corrected chi connectivity index (χ4v) is 3.05. The second-order valence-corrected chi connectivity index (χ2v) is 7.61. The van der Waals surface area contributed by atoms with Crippen LogP contribution in [0, 0.1) is 13.8 Å². The number of rotatable bonds is 8. The van der Waals surface area contributed by atoms with Crippen LogP contribution in [0.5, 0.6) is 11.5 Å². The molecular formula is C26H26N4O5. The summed E-state index contributed by atoms with van der Waals surface area (Å²) in [6.07, 6.45) is 1.36. The topological polar surface area (TPSA) is 118 Å². The van der Waals surface area contributed by atoms with Gasteiger partial charge in [0.25, 0.3) is 5.91 Å². The SMILES string of the molecule is COc1ccc(NC(=O)C(=O)N/N=C\c2cccc(OCC(=O)Nc3ccc(C)cc3C)c2)cc1. The number of hydrogen-bond donors (Lipinski definition) is 3. The summed E-state index contributed by atoms with van der Waals surface area (Å²) in [6, 6.07) is 19.1. The number of aryl methyl sites for hydroxylation is 2. The lowest BCUT2D eigenvalue weighted by Gasteiger charge is -2.10. The Balaban J connectivity index is 1.48. The molecule has 3 rings (SSSR count). The number of hydrazone groups is 1. The summed E-state index contributed by atoms with van der Waals surface area (Å²) in [7, 11) is 1.53. The zero-order valence-electron chi connectivity index (χ0n) is 19.6. The molecule has 3 aromatic carbocycles. The molecule has 0 radical (unpaired) electrons. The van der Waals surface area contributed by atoms with Gasteiger partial charge < -0.3 is 20.1 Å². The quantitative estimate of drug-likeness (QED) is 0.263. The van der Waals surface area contributed by atoms with Crippen molar-refractivity contribution in [1.29, 1.82) is 0 Å². The first-order valence-corrected chi connectivity index (χ1v) is 10.7. The smallest absolute Gasteiger partial charge is 0.329 e. The molecule has 3 amide bonds. The molecule has 0 bridgehead atoms. The van der Waals surface area contributed by atoms with Crippen LogP contribution in [0.3, 0.4) is 0 Å². The van der Waals surface area contributed by atoms with E-state index in [1.165, 1.54) is 13.3 Å². The highest BCUT2D eigenvalue weighted by Gasteiger charge is 2.13. The molecule has 3 N–H and O–H groups in total. The van der Waals surface area contributed by atoms with Gasteiger partial charge in [0.1, 0.15) is 11.5 Å². The van der Waals surface area contributed by atoms with E-state index in [4.69, 9.17) is 9.47 Å². The van der Waals surface area contributed by atoms with Crippen LogP contribution in [0.25, 0.3) is 0 Å². The Bertz CT molecular complexity index is 1240. The normalized spacial score (nSPS) is 10.5. The predicted octanol–water partition coefficient (Wildman–Crippen LogP) is 3.42. The van der Waals surface area contributed by atoms with Crippen molar-refractivity contribution >= 4 is 35.3 Å². The molecule has 0 spiro atoms. The van der Waals surface area contributed by atoms with Gasteiger partial charge in [0.2, 0.25) is 0 Å². The Morgan fingerprint density at radius 2 is 1.66 bits per heavy atom. The highest BCUT2D eigenvalue weighted by atomic mass is 16.5. The van der Waals surface area contributed by atoms with E-state index in [1.54, 1.807) is 48.5 Å². The first kappa shape index (κ1) is 25.0. The summed E-state index contributed by atoms with van der Waals surface area (Å²) < 4.78 is 10.6. The zero-order chi connectivity index (χ0) is 25.2.